The molecule has 4 rings (SSSR count). The van der Waals surface area contributed by atoms with Gasteiger partial charge in [-0.2, -0.15) is 0 Å². The molecule has 1 N–H and O–H groups in total. The number of anilines is 1. The first-order valence-corrected chi connectivity index (χ1v) is 12.2. The molecule has 0 spiro atoms. The summed E-state index contributed by atoms with van der Waals surface area (Å²) in [6.45, 7) is 3.72. The monoisotopic (exact) mass is 600 g/mol. The first-order valence-electron chi connectivity index (χ1n) is 10.8. The van der Waals surface area contributed by atoms with E-state index in [0.29, 0.717) is 28.4 Å². The fraction of sp³-hybridized carbons (Fsp3) is 0.148. The summed E-state index contributed by atoms with van der Waals surface area (Å²) in [6, 6.07) is 15.8. The van der Waals surface area contributed by atoms with Crippen LogP contribution >= 0.6 is 34.2 Å². The molecule has 3 aromatic carbocycles. The number of nitrogens with zero attached hydrogens (tertiary/aromatic N) is 1. The maximum absolute atomic E-state index is 13.3. The maximum atomic E-state index is 13.3. The third-order valence-electron chi connectivity index (χ3n) is 5.95. The Morgan fingerprint density at radius 1 is 1.06 bits per heavy atom. The van der Waals surface area contributed by atoms with E-state index in [1.54, 1.807) is 25.3 Å². The minimum absolute atomic E-state index is 0.137. The van der Waals surface area contributed by atoms with Crippen LogP contribution in [0, 0.1) is 17.4 Å². The van der Waals surface area contributed by atoms with Crippen molar-refractivity contribution in [2.45, 2.75) is 20.3 Å². The lowest BCUT2D eigenvalue weighted by Gasteiger charge is -2.28. The molecule has 1 saturated heterocycles. The molecule has 0 saturated carbocycles. The molecule has 0 radical (unpaired) electrons. The Labute approximate surface area is 222 Å². The SMILES string of the molecule is COc1cc(/C=C2\C(=O)NC(=O)N(c3cccc(C)c3C)C2=O)cc(I)c1Cc1ccccc1Cl. The van der Waals surface area contributed by atoms with Crippen molar-refractivity contribution in [3.05, 3.63) is 96.6 Å². The molecule has 4 amide bonds. The van der Waals surface area contributed by atoms with Gasteiger partial charge in [0.05, 0.1) is 12.8 Å². The molecule has 8 heteroatoms. The Balaban J connectivity index is 1.73. The number of rotatable bonds is 5. The van der Waals surface area contributed by atoms with Crippen molar-refractivity contribution in [3.63, 3.8) is 0 Å². The van der Waals surface area contributed by atoms with Crippen LogP contribution < -0.4 is 15.0 Å². The van der Waals surface area contributed by atoms with Gasteiger partial charge in [-0.15, -0.1) is 0 Å². The van der Waals surface area contributed by atoms with Crippen molar-refractivity contribution < 1.29 is 19.1 Å². The van der Waals surface area contributed by atoms with E-state index in [0.717, 1.165) is 30.7 Å². The second-order valence-corrected chi connectivity index (χ2v) is 9.70. The first-order chi connectivity index (χ1) is 16.7. The molecule has 1 aliphatic rings. The van der Waals surface area contributed by atoms with Crippen LogP contribution in [0.1, 0.15) is 27.8 Å². The highest BCUT2D eigenvalue weighted by Crippen LogP contribution is 2.32. The third-order valence-corrected chi connectivity index (χ3v) is 7.28. The molecule has 0 unspecified atom stereocenters. The molecule has 178 valence electrons. The average molecular weight is 601 g/mol. The largest absolute Gasteiger partial charge is 0.496 e. The number of methoxy groups -OCH3 is 1. The zero-order valence-corrected chi connectivity index (χ0v) is 22.2. The van der Waals surface area contributed by atoms with E-state index in [-0.39, 0.29) is 5.57 Å². The fourth-order valence-electron chi connectivity index (χ4n) is 3.92. The molecule has 0 aliphatic carbocycles. The van der Waals surface area contributed by atoms with E-state index >= 15 is 0 Å². The van der Waals surface area contributed by atoms with Gasteiger partial charge in [0.2, 0.25) is 0 Å². The number of carbonyl (C=O) groups is 3. The topological polar surface area (TPSA) is 75.7 Å². The Kier molecular flexibility index (Phi) is 7.28. The Hall–Kier alpha value is -3.17. The lowest BCUT2D eigenvalue weighted by atomic mass is 10.00. The summed E-state index contributed by atoms with van der Waals surface area (Å²) in [5.41, 5.74) is 4.51. The zero-order valence-electron chi connectivity index (χ0n) is 19.3. The number of hydrogen-bond donors (Lipinski definition) is 1. The third kappa shape index (κ3) is 4.97. The molecule has 35 heavy (non-hydrogen) atoms. The smallest absolute Gasteiger partial charge is 0.335 e. The molecule has 0 bridgehead atoms. The summed E-state index contributed by atoms with van der Waals surface area (Å²) in [5.74, 6) is -0.813. The number of hydrogen-bond acceptors (Lipinski definition) is 4. The quantitative estimate of drug-likeness (QED) is 0.227. The van der Waals surface area contributed by atoms with E-state index in [1.165, 1.54) is 6.08 Å². The van der Waals surface area contributed by atoms with Crippen molar-refractivity contribution in [2.24, 2.45) is 0 Å². The number of urea groups is 1. The zero-order chi connectivity index (χ0) is 25.3. The summed E-state index contributed by atoms with van der Waals surface area (Å²) < 4.78 is 6.52. The highest BCUT2D eigenvalue weighted by Gasteiger charge is 2.37. The number of benzene rings is 3. The molecule has 6 nitrogen and oxygen atoms in total. The summed E-state index contributed by atoms with van der Waals surface area (Å²) in [4.78, 5) is 39.6. The number of barbiturate groups is 1. The van der Waals surface area contributed by atoms with Gasteiger partial charge < -0.3 is 4.74 Å². The van der Waals surface area contributed by atoms with Gasteiger partial charge in [0.25, 0.3) is 11.8 Å². The van der Waals surface area contributed by atoms with Crippen LogP contribution in [0.3, 0.4) is 0 Å². The van der Waals surface area contributed by atoms with Gasteiger partial charge >= 0.3 is 6.03 Å². The number of imide groups is 2. The lowest BCUT2D eigenvalue weighted by molar-refractivity contribution is -0.122. The van der Waals surface area contributed by atoms with Crippen LogP contribution in [0.15, 0.2) is 60.2 Å². The molecule has 0 atom stereocenters. The number of nitrogens with one attached hydrogen (secondary N) is 1. The summed E-state index contributed by atoms with van der Waals surface area (Å²) >= 11 is 8.54. The van der Waals surface area contributed by atoms with Gasteiger partial charge in [-0.05, 0) is 89.0 Å². The van der Waals surface area contributed by atoms with E-state index < -0.39 is 17.8 Å². The van der Waals surface area contributed by atoms with E-state index in [1.807, 2.05) is 50.2 Å². The first kappa shape index (κ1) is 24.9. The predicted molar refractivity (Wildman–Crippen MR) is 145 cm³/mol. The molecule has 1 fully saturated rings. The van der Waals surface area contributed by atoms with Gasteiger partial charge in [-0.25, -0.2) is 9.69 Å². The van der Waals surface area contributed by atoms with Crippen molar-refractivity contribution in [3.8, 4) is 5.75 Å². The number of amides is 4. The molecular formula is C27H22ClIN2O4. The maximum Gasteiger partial charge on any atom is 0.335 e. The molecule has 3 aromatic rings. The number of carbonyl (C=O) groups excluding carboxylic acids is 3. The molecule has 0 aromatic heterocycles. The van der Waals surface area contributed by atoms with Crippen LogP contribution in [-0.2, 0) is 16.0 Å². The highest BCUT2D eigenvalue weighted by atomic mass is 127. The van der Waals surface area contributed by atoms with Gasteiger partial charge in [0.15, 0.2) is 0 Å². The lowest BCUT2D eigenvalue weighted by Crippen LogP contribution is -2.54. The van der Waals surface area contributed by atoms with Crippen LogP contribution in [0.2, 0.25) is 5.02 Å². The second kappa shape index (κ2) is 10.2. The van der Waals surface area contributed by atoms with Crippen LogP contribution in [0.4, 0.5) is 10.5 Å². The Bertz CT molecular complexity index is 1400. The number of aryl methyl sites for hydroxylation is 1. The van der Waals surface area contributed by atoms with Crippen molar-refractivity contribution in [2.75, 3.05) is 12.0 Å². The minimum atomic E-state index is -0.770. The number of halogens is 2. The summed E-state index contributed by atoms with van der Waals surface area (Å²) in [7, 11) is 1.57. The van der Waals surface area contributed by atoms with Crippen LogP contribution in [-0.4, -0.2) is 25.0 Å². The van der Waals surface area contributed by atoms with Gasteiger partial charge in [0.1, 0.15) is 11.3 Å². The minimum Gasteiger partial charge on any atom is -0.496 e. The Morgan fingerprint density at radius 3 is 2.51 bits per heavy atom. The van der Waals surface area contributed by atoms with E-state index in [9.17, 15) is 14.4 Å². The standard InChI is InChI=1S/C27H22ClIN2O4/c1-15-7-6-10-23(16(15)2)31-26(33)20(25(32)30-27(31)34)11-17-12-22(29)19(24(13-17)35-3)14-18-8-4-5-9-21(18)28/h4-13H,14H2,1-3H3,(H,30,32,34)/b20-11+. The van der Waals surface area contributed by atoms with Gasteiger partial charge in [-0.3, -0.25) is 14.9 Å². The van der Waals surface area contributed by atoms with Crippen molar-refractivity contribution >= 4 is 63.8 Å². The average Bonchev–Trinajstić information content (AvgIpc) is 2.82. The normalized spacial score (nSPS) is 14.9. The van der Waals surface area contributed by atoms with Gasteiger partial charge in [0, 0.05) is 20.6 Å². The van der Waals surface area contributed by atoms with Crippen molar-refractivity contribution in [1.29, 1.82) is 0 Å². The van der Waals surface area contributed by atoms with Gasteiger partial charge in [-0.1, -0.05) is 41.9 Å². The molecule has 1 heterocycles. The molecular weight excluding hydrogens is 579 g/mol. The van der Waals surface area contributed by atoms with E-state index in [2.05, 4.69) is 27.9 Å². The second-order valence-electron chi connectivity index (χ2n) is 8.13. The van der Waals surface area contributed by atoms with Crippen molar-refractivity contribution in [1.82, 2.24) is 5.32 Å². The summed E-state index contributed by atoms with van der Waals surface area (Å²) in [5, 5.41) is 2.94. The Morgan fingerprint density at radius 2 is 1.80 bits per heavy atom. The predicted octanol–water partition coefficient (Wildman–Crippen LogP) is 5.83. The van der Waals surface area contributed by atoms with Crippen LogP contribution in [0.25, 0.3) is 6.08 Å². The fourth-order valence-corrected chi connectivity index (χ4v) is 4.94. The van der Waals surface area contributed by atoms with E-state index in [4.69, 9.17) is 16.3 Å². The highest BCUT2D eigenvalue weighted by molar-refractivity contribution is 14.1. The number of ether oxygens (including phenoxy) is 1. The molecule has 1 aliphatic heterocycles. The summed E-state index contributed by atoms with van der Waals surface area (Å²) in [6.07, 6.45) is 2.04. The van der Waals surface area contributed by atoms with Crippen LogP contribution in [0.5, 0.6) is 5.75 Å².